The SMILES string of the molecule is COc1ccc(Cl)cc1N=C1SC(CC(=O)Nc2ccc(C)cc2)C(=O)N1C. The van der Waals surface area contributed by atoms with Crippen molar-refractivity contribution in [1.82, 2.24) is 4.90 Å². The number of thioether (sulfide) groups is 1. The van der Waals surface area contributed by atoms with Gasteiger partial charge in [-0.15, -0.1) is 0 Å². The zero-order valence-electron chi connectivity index (χ0n) is 15.7. The summed E-state index contributed by atoms with van der Waals surface area (Å²) in [7, 11) is 3.19. The maximum atomic E-state index is 12.5. The first-order valence-electron chi connectivity index (χ1n) is 8.60. The molecule has 1 saturated heterocycles. The van der Waals surface area contributed by atoms with Crippen LogP contribution in [0.5, 0.6) is 5.75 Å². The highest BCUT2D eigenvalue weighted by atomic mass is 35.5. The topological polar surface area (TPSA) is 71.0 Å². The number of ether oxygens (including phenoxy) is 1. The number of amides is 2. The van der Waals surface area contributed by atoms with E-state index in [4.69, 9.17) is 16.3 Å². The van der Waals surface area contributed by atoms with E-state index in [0.717, 1.165) is 5.56 Å². The summed E-state index contributed by atoms with van der Waals surface area (Å²) in [6.45, 7) is 1.98. The van der Waals surface area contributed by atoms with Gasteiger partial charge in [-0.05, 0) is 37.3 Å². The molecular formula is C20H20ClN3O3S. The van der Waals surface area contributed by atoms with Crippen LogP contribution >= 0.6 is 23.4 Å². The van der Waals surface area contributed by atoms with Crippen LogP contribution in [-0.4, -0.2) is 41.3 Å². The lowest BCUT2D eigenvalue weighted by atomic mass is 10.2. The van der Waals surface area contributed by atoms with Crippen molar-refractivity contribution in [1.29, 1.82) is 0 Å². The highest BCUT2D eigenvalue weighted by Gasteiger charge is 2.37. The third-order valence-corrected chi connectivity index (χ3v) is 5.67. The third-order valence-electron chi connectivity index (χ3n) is 4.20. The van der Waals surface area contributed by atoms with E-state index in [1.165, 1.54) is 16.7 Å². The van der Waals surface area contributed by atoms with Crippen molar-refractivity contribution in [3.05, 3.63) is 53.1 Å². The molecule has 28 heavy (non-hydrogen) atoms. The molecule has 1 aliphatic rings. The summed E-state index contributed by atoms with van der Waals surface area (Å²) in [6.07, 6.45) is 0.0629. The molecule has 2 aromatic carbocycles. The van der Waals surface area contributed by atoms with Gasteiger partial charge in [-0.25, -0.2) is 4.99 Å². The lowest BCUT2D eigenvalue weighted by Gasteiger charge is -2.10. The summed E-state index contributed by atoms with van der Waals surface area (Å²) in [5.41, 5.74) is 2.34. The van der Waals surface area contributed by atoms with E-state index in [1.807, 2.05) is 31.2 Å². The number of benzene rings is 2. The Morgan fingerprint density at radius 2 is 2.00 bits per heavy atom. The predicted molar refractivity (Wildman–Crippen MR) is 114 cm³/mol. The summed E-state index contributed by atoms with van der Waals surface area (Å²) in [4.78, 5) is 30.9. The van der Waals surface area contributed by atoms with Crippen LogP contribution in [-0.2, 0) is 9.59 Å². The first-order valence-corrected chi connectivity index (χ1v) is 9.86. The first kappa shape index (κ1) is 20.2. The zero-order valence-corrected chi connectivity index (χ0v) is 17.3. The number of halogens is 1. The number of carbonyl (C=O) groups is 2. The molecule has 1 atom stereocenters. The fraction of sp³-hybridized carbons (Fsp3) is 0.250. The highest BCUT2D eigenvalue weighted by molar-refractivity contribution is 8.15. The van der Waals surface area contributed by atoms with Crippen LogP contribution in [0.25, 0.3) is 0 Å². The van der Waals surface area contributed by atoms with E-state index in [2.05, 4.69) is 10.3 Å². The first-order chi connectivity index (χ1) is 13.4. The van der Waals surface area contributed by atoms with Crippen molar-refractivity contribution in [2.45, 2.75) is 18.6 Å². The summed E-state index contributed by atoms with van der Waals surface area (Å²) in [5.74, 6) is 0.174. The molecule has 0 aliphatic carbocycles. The van der Waals surface area contributed by atoms with Gasteiger partial charge in [0.1, 0.15) is 16.7 Å². The van der Waals surface area contributed by atoms with Gasteiger partial charge in [0.25, 0.3) is 0 Å². The number of hydrogen-bond donors (Lipinski definition) is 1. The van der Waals surface area contributed by atoms with Gasteiger partial charge in [0.2, 0.25) is 11.8 Å². The third kappa shape index (κ3) is 4.66. The number of rotatable bonds is 5. The van der Waals surface area contributed by atoms with E-state index in [1.54, 1.807) is 32.4 Å². The number of aliphatic imine (C=N–C) groups is 1. The number of nitrogens with zero attached hydrogens (tertiary/aromatic N) is 2. The Kier molecular flexibility index (Phi) is 6.26. The molecule has 146 valence electrons. The van der Waals surface area contributed by atoms with Crippen molar-refractivity contribution < 1.29 is 14.3 Å². The van der Waals surface area contributed by atoms with Crippen LogP contribution in [0.4, 0.5) is 11.4 Å². The minimum Gasteiger partial charge on any atom is -0.494 e. The average molecular weight is 418 g/mol. The molecular weight excluding hydrogens is 398 g/mol. The molecule has 2 aromatic rings. The van der Waals surface area contributed by atoms with Gasteiger partial charge in [-0.3, -0.25) is 14.5 Å². The van der Waals surface area contributed by atoms with Gasteiger partial charge in [0, 0.05) is 24.2 Å². The summed E-state index contributed by atoms with van der Waals surface area (Å²) >= 11 is 7.30. The van der Waals surface area contributed by atoms with Crippen molar-refractivity contribution in [2.24, 2.45) is 4.99 Å². The van der Waals surface area contributed by atoms with Crippen molar-refractivity contribution in [3.8, 4) is 5.75 Å². The van der Waals surface area contributed by atoms with Crippen LogP contribution in [0.2, 0.25) is 5.02 Å². The maximum Gasteiger partial charge on any atom is 0.242 e. The minimum atomic E-state index is -0.528. The molecule has 0 aromatic heterocycles. The molecule has 0 bridgehead atoms. The van der Waals surface area contributed by atoms with Crippen LogP contribution in [0.3, 0.4) is 0 Å². The van der Waals surface area contributed by atoms with Crippen LogP contribution < -0.4 is 10.1 Å². The highest BCUT2D eigenvalue weighted by Crippen LogP contribution is 2.35. The van der Waals surface area contributed by atoms with Gasteiger partial charge in [0.05, 0.1) is 7.11 Å². The Hall–Kier alpha value is -2.51. The molecule has 1 heterocycles. The average Bonchev–Trinajstić information content (AvgIpc) is 2.92. The van der Waals surface area contributed by atoms with Crippen molar-refractivity contribution in [3.63, 3.8) is 0 Å². The Morgan fingerprint density at radius 3 is 2.68 bits per heavy atom. The minimum absolute atomic E-state index is 0.0629. The number of hydrogen-bond acceptors (Lipinski definition) is 5. The number of amidine groups is 1. The molecule has 0 radical (unpaired) electrons. The molecule has 1 aliphatic heterocycles. The van der Waals surface area contributed by atoms with E-state index < -0.39 is 5.25 Å². The Bertz CT molecular complexity index is 931. The van der Waals surface area contributed by atoms with E-state index >= 15 is 0 Å². The second kappa shape index (κ2) is 8.67. The molecule has 3 rings (SSSR count). The van der Waals surface area contributed by atoms with Gasteiger partial charge < -0.3 is 10.1 Å². The fourth-order valence-electron chi connectivity index (χ4n) is 2.67. The van der Waals surface area contributed by atoms with Crippen LogP contribution in [0, 0.1) is 6.92 Å². The number of anilines is 1. The van der Waals surface area contributed by atoms with Gasteiger partial charge >= 0.3 is 0 Å². The molecule has 2 amide bonds. The van der Waals surface area contributed by atoms with Crippen molar-refractivity contribution >= 4 is 51.7 Å². The van der Waals surface area contributed by atoms with Crippen LogP contribution in [0.15, 0.2) is 47.5 Å². The predicted octanol–water partition coefficient (Wildman–Crippen LogP) is 4.25. The molecule has 1 fully saturated rings. The van der Waals surface area contributed by atoms with E-state index in [-0.39, 0.29) is 18.2 Å². The molecule has 0 saturated carbocycles. The summed E-state index contributed by atoms with van der Waals surface area (Å²) in [6, 6.07) is 12.6. The van der Waals surface area contributed by atoms with Crippen molar-refractivity contribution in [2.75, 3.05) is 19.5 Å². The van der Waals surface area contributed by atoms with E-state index in [0.29, 0.717) is 27.3 Å². The normalized spacial score (nSPS) is 17.9. The summed E-state index contributed by atoms with van der Waals surface area (Å²) in [5, 5.41) is 3.31. The number of methoxy groups -OCH3 is 1. The molecule has 1 N–H and O–H groups in total. The second-order valence-corrected chi connectivity index (χ2v) is 7.94. The Balaban J connectivity index is 1.72. The standard InChI is InChI=1S/C20H20ClN3O3S/c1-12-4-7-14(8-5-12)22-18(25)11-17-19(26)24(2)20(28-17)23-15-10-13(21)6-9-16(15)27-3/h4-10,17H,11H2,1-3H3,(H,22,25). The summed E-state index contributed by atoms with van der Waals surface area (Å²) < 4.78 is 5.30. The molecule has 6 nitrogen and oxygen atoms in total. The van der Waals surface area contributed by atoms with Gasteiger partial charge in [-0.2, -0.15) is 0 Å². The quantitative estimate of drug-likeness (QED) is 0.789. The van der Waals surface area contributed by atoms with Gasteiger partial charge in [-0.1, -0.05) is 41.1 Å². The molecule has 0 spiro atoms. The molecule has 8 heteroatoms. The number of carbonyl (C=O) groups excluding carboxylic acids is 2. The molecule has 1 unspecified atom stereocenters. The monoisotopic (exact) mass is 417 g/mol. The zero-order chi connectivity index (χ0) is 20.3. The van der Waals surface area contributed by atoms with E-state index in [9.17, 15) is 9.59 Å². The largest absolute Gasteiger partial charge is 0.494 e. The Labute approximate surface area is 172 Å². The Morgan fingerprint density at radius 1 is 1.29 bits per heavy atom. The smallest absolute Gasteiger partial charge is 0.242 e. The second-order valence-electron chi connectivity index (χ2n) is 6.33. The number of nitrogens with one attached hydrogen (secondary N) is 1. The maximum absolute atomic E-state index is 12.5. The fourth-order valence-corrected chi connectivity index (χ4v) is 3.98. The lowest BCUT2D eigenvalue weighted by Crippen LogP contribution is -2.30. The van der Waals surface area contributed by atoms with Gasteiger partial charge in [0.15, 0.2) is 5.17 Å². The number of aryl methyl sites for hydroxylation is 1. The van der Waals surface area contributed by atoms with Crippen LogP contribution in [0.1, 0.15) is 12.0 Å². The lowest BCUT2D eigenvalue weighted by molar-refractivity contribution is -0.127.